The van der Waals surface area contributed by atoms with Crippen molar-refractivity contribution in [1.29, 1.82) is 0 Å². The van der Waals surface area contributed by atoms with Gasteiger partial charge in [-0.3, -0.25) is 4.79 Å². The van der Waals surface area contributed by atoms with Gasteiger partial charge in [-0.05, 0) is 48.4 Å². The Hall–Kier alpha value is -4.45. The molecule has 5 N–H and O–H groups in total. The van der Waals surface area contributed by atoms with E-state index >= 15 is 0 Å². The Morgan fingerprint density at radius 3 is 2.34 bits per heavy atom. The molecule has 2 heterocycles. The number of benzene rings is 3. The smallest absolute Gasteiger partial charge is 0.263 e. The van der Waals surface area contributed by atoms with Crippen LogP contribution in [0.1, 0.15) is 15.2 Å². The van der Waals surface area contributed by atoms with Gasteiger partial charge in [0, 0.05) is 28.6 Å². The molecule has 3 aromatic carbocycles. The maximum atomic E-state index is 13.3. The van der Waals surface area contributed by atoms with Gasteiger partial charge in [0.2, 0.25) is 10.0 Å². The van der Waals surface area contributed by atoms with Gasteiger partial charge in [0.1, 0.15) is 21.2 Å². The van der Waals surface area contributed by atoms with Crippen molar-refractivity contribution >= 4 is 43.2 Å². The van der Waals surface area contributed by atoms with Gasteiger partial charge in [-0.15, -0.1) is 11.3 Å². The normalized spacial score (nSPS) is 11.4. The molecule has 41 heavy (non-hydrogen) atoms. The first-order valence-electron chi connectivity index (χ1n) is 12.6. The fourth-order valence-corrected chi connectivity index (χ4v) is 6.08. The van der Waals surface area contributed by atoms with Crippen molar-refractivity contribution < 1.29 is 22.7 Å². The first kappa shape index (κ1) is 28.1. The first-order valence-corrected chi connectivity index (χ1v) is 15.0. The number of anilines is 1. The quantitative estimate of drug-likeness (QED) is 0.223. The zero-order chi connectivity index (χ0) is 29.1. The number of nitrogens with zero attached hydrogens (tertiary/aromatic N) is 1. The summed E-state index contributed by atoms with van der Waals surface area (Å²) in [6.45, 7) is 0.320. The summed E-state index contributed by atoms with van der Waals surface area (Å²) in [5.41, 5.74) is 11.0. The highest BCUT2D eigenvalue weighted by Crippen LogP contribution is 2.44. The van der Waals surface area contributed by atoms with E-state index in [0.717, 1.165) is 27.9 Å². The minimum absolute atomic E-state index is 0.0363. The second-order valence-electron chi connectivity index (χ2n) is 9.21. The SMILES string of the molecule is COc1ccc(OC)c(-c2cc(-c3ccccc3)nc3sc(C(=O)NCCc4ccc(S(N)(=O)=O)cc4)c(N)c23)c1. The Labute approximate surface area is 241 Å². The number of carbonyl (C=O) groups excluding carboxylic acids is 1. The summed E-state index contributed by atoms with van der Waals surface area (Å²) >= 11 is 1.22. The highest BCUT2D eigenvalue weighted by molar-refractivity contribution is 7.89. The molecule has 2 aromatic heterocycles. The number of amides is 1. The van der Waals surface area contributed by atoms with E-state index in [9.17, 15) is 13.2 Å². The molecule has 0 aliphatic rings. The van der Waals surface area contributed by atoms with Crippen molar-refractivity contribution in [2.45, 2.75) is 11.3 Å². The summed E-state index contributed by atoms with van der Waals surface area (Å²) in [5.74, 6) is 0.953. The molecule has 0 saturated heterocycles. The van der Waals surface area contributed by atoms with Crippen LogP contribution in [0, 0.1) is 0 Å². The number of nitrogen functional groups attached to an aromatic ring is 1. The van der Waals surface area contributed by atoms with Gasteiger partial charge in [-0.2, -0.15) is 0 Å². The Morgan fingerprint density at radius 2 is 1.68 bits per heavy atom. The summed E-state index contributed by atoms with van der Waals surface area (Å²) in [7, 11) is -0.570. The van der Waals surface area contributed by atoms with Crippen LogP contribution in [0.15, 0.2) is 83.8 Å². The fraction of sp³-hybridized carbons (Fsp3) is 0.133. The van der Waals surface area contributed by atoms with Crippen molar-refractivity contribution in [1.82, 2.24) is 10.3 Å². The summed E-state index contributed by atoms with van der Waals surface area (Å²) in [4.78, 5) is 19.2. The van der Waals surface area contributed by atoms with Crippen LogP contribution in [-0.4, -0.2) is 40.1 Å². The highest BCUT2D eigenvalue weighted by atomic mass is 32.2. The van der Waals surface area contributed by atoms with E-state index in [2.05, 4.69) is 5.32 Å². The summed E-state index contributed by atoms with van der Waals surface area (Å²) < 4.78 is 34.1. The molecule has 0 radical (unpaired) electrons. The third-order valence-corrected chi connectivity index (χ3v) is 8.65. The molecule has 5 rings (SSSR count). The van der Waals surface area contributed by atoms with Gasteiger partial charge >= 0.3 is 0 Å². The predicted molar refractivity (Wildman–Crippen MR) is 162 cm³/mol. The molecule has 0 spiro atoms. The van der Waals surface area contributed by atoms with E-state index in [1.165, 1.54) is 23.5 Å². The number of sulfonamides is 1. The molecule has 0 bridgehead atoms. The number of hydrogen-bond donors (Lipinski definition) is 3. The molecule has 0 unspecified atom stereocenters. The largest absolute Gasteiger partial charge is 0.497 e. The van der Waals surface area contributed by atoms with Crippen LogP contribution in [0.2, 0.25) is 0 Å². The topological polar surface area (TPSA) is 147 Å². The van der Waals surface area contributed by atoms with E-state index in [-0.39, 0.29) is 10.8 Å². The number of rotatable bonds is 9. The molecule has 0 aliphatic carbocycles. The van der Waals surface area contributed by atoms with Gasteiger partial charge in [-0.25, -0.2) is 18.5 Å². The maximum Gasteiger partial charge on any atom is 0.263 e. The van der Waals surface area contributed by atoms with Gasteiger partial charge < -0.3 is 20.5 Å². The van der Waals surface area contributed by atoms with Crippen LogP contribution in [0.3, 0.4) is 0 Å². The Bertz CT molecular complexity index is 1840. The zero-order valence-electron chi connectivity index (χ0n) is 22.4. The second kappa shape index (κ2) is 11.6. The molecule has 0 atom stereocenters. The van der Waals surface area contributed by atoms with Gasteiger partial charge in [0.15, 0.2) is 0 Å². The van der Waals surface area contributed by atoms with Crippen LogP contribution in [0.25, 0.3) is 32.6 Å². The molecule has 0 aliphatic heterocycles. The summed E-state index contributed by atoms with van der Waals surface area (Å²) in [6, 6.07) is 23.5. The number of nitrogens with one attached hydrogen (secondary N) is 1. The third kappa shape index (κ3) is 5.87. The molecule has 9 nitrogen and oxygen atoms in total. The summed E-state index contributed by atoms with van der Waals surface area (Å²) in [5, 5.41) is 8.74. The van der Waals surface area contributed by atoms with Gasteiger partial charge in [-0.1, -0.05) is 42.5 Å². The van der Waals surface area contributed by atoms with E-state index in [1.54, 1.807) is 26.4 Å². The number of methoxy groups -OCH3 is 2. The predicted octanol–water partition coefficient (Wildman–Crippen LogP) is 4.85. The van der Waals surface area contributed by atoms with Crippen LogP contribution in [0.4, 0.5) is 5.69 Å². The summed E-state index contributed by atoms with van der Waals surface area (Å²) in [6.07, 6.45) is 0.490. The molecule has 210 valence electrons. The molecular formula is C30H28N4O5S2. The van der Waals surface area contributed by atoms with Crippen molar-refractivity contribution in [2.24, 2.45) is 5.14 Å². The number of primary sulfonamides is 1. The minimum atomic E-state index is -3.76. The number of pyridine rings is 1. The number of hydrogen-bond acceptors (Lipinski definition) is 8. The van der Waals surface area contributed by atoms with Crippen molar-refractivity contribution in [3.8, 4) is 33.9 Å². The molecular weight excluding hydrogens is 560 g/mol. The number of thiophene rings is 1. The first-order chi connectivity index (χ1) is 19.7. The zero-order valence-corrected chi connectivity index (χ0v) is 24.0. The molecule has 5 aromatic rings. The molecule has 11 heteroatoms. The Kier molecular flexibility index (Phi) is 7.93. The van der Waals surface area contributed by atoms with Crippen LogP contribution in [0.5, 0.6) is 11.5 Å². The average molecular weight is 589 g/mol. The lowest BCUT2D eigenvalue weighted by Crippen LogP contribution is -2.25. The lowest BCUT2D eigenvalue weighted by Gasteiger charge is -2.14. The van der Waals surface area contributed by atoms with E-state index in [4.69, 9.17) is 25.3 Å². The molecule has 0 saturated carbocycles. The highest BCUT2D eigenvalue weighted by Gasteiger charge is 2.23. The minimum Gasteiger partial charge on any atom is -0.497 e. The number of fused-ring (bicyclic) bond motifs is 1. The van der Waals surface area contributed by atoms with Crippen molar-refractivity contribution in [2.75, 3.05) is 26.5 Å². The van der Waals surface area contributed by atoms with Gasteiger partial charge in [0.05, 0.1) is 30.5 Å². The van der Waals surface area contributed by atoms with Gasteiger partial charge in [0.25, 0.3) is 5.91 Å². The molecule has 0 fully saturated rings. The van der Waals surface area contributed by atoms with Crippen LogP contribution >= 0.6 is 11.3 Å². The monoisotopic (exact) mass is 588 g/mol. The number of carbonyl (C=O) groups is 1. The average Bonchev–Trinajstić information content (AvgIpc) is 3.32. The van der Waals surface area contributed by atoms with Crippen molar-refractivity contribution in [3.63, 3.8) is 0 Å². The standard InChI is InChI=1S/C30H28N4O5S2/c1-38-20-10-13-25(39-2)22(16-20)23-17-24(19-6-4-3-5-7-19)34-30-26(23)27(31)28(40-30)29(35)33-15-14-18-8-11-21(12-9-18)41(32,36)37/h3-13,16-17H,14-15,31H2,1-2H3,(H,33,35)(H2,32,36,37). The third-order valence-electron chi connectivity index (χ3n) is 6.62. The fourth-order valence-electron chi connectivity index (χ4n) is 4.53. The Balaban J connectivity index is 1.51. The van der Waals surface area contributed by atoms with E-state index < -0.39 is 10.0 Å². The van der Waals surface area contributed by atoms with E-state index in [1.807, 2.05) is 54.6 Å². The second-order valence-corrected chi connectivity index (χ2v) is 11.8. The van der Waals surface area contributed by atoms with E-state index in [0.29, 0.717) is 45.2 Å². The molecule has 1 amide bonds. The number of nitrogens with two attached hydrogens (primary N) is 2. The van der Waals surface area contributed by atoms with Crippen LogP contribution < -0.4 is 25.7 Å². The van der Waals surface area contributed by atoms with Crippen LogP contribution in [-0.2, 0) is 16.4 Å². The lowest BCUT2D eigenvalue weighted by atomic mass is 9.98. The number of aromatic nitrogens is 1. The lowest BCUT2D eigenvalue weighted by molar-refractivity contribution is 0.0959. The van der Waals surface area contributed by atoms with Crippen molar-refractivity contribution in [3.05, 3.63) is 89.3 Å². The maximum absolute atomic E-state index is 13.3. The Morgan fingerprint density at radius 1 is 0.951 bits per heavy atom. The number of ether oxygens (including phenoxy) is 2.